The lowest BCUT2D eigenvalue weighted by Gasteiger charge is -2.54. The third-order valence-electron chi connectivity index (χ3n) is 6.65. The fraction of sp³-hybridized carbons (Fsp3) is 0.591. The lowest BCUT2D eigenvalue weighted by atomic mass is 9.70. The molecule has 0 aromatic heterocycles. The van der Waals surface area contributed by atoms with Crippen LogP contribution in [0.2, 0.25) is 0 Å². The average molecular weight is 419 g/mol. The fourth-order valence-corrected chi connectivity index (χ4v) is 6.79. The van der Waals surface area contributed by atoms with Gasteiger partial charge in [-0.15, -0.1) is 0 Å². The van der Waals surface area contributed by atoms with Crippen molar-refractivity contribution in [3.63, 3.8) is 0 Å². The zero-order valence-corrected chi connectivity index (χ0v) is 18.1. The summed E-state index contributed by atoms with van der Waals surface area (Å²) in [6.07, 6.45) is 6.92. The first-order valence-corrected chi connectivity index (χ1v) is 11.9. The summed E-state index contributed by atoms with van der Waals surface area (Å²) in [4.78, 5) is 12.1. The van der Waals surface area contributed by atoms with Crippen molar-refractivity contribution in [2.75, 3.05) is 6.54 Å². The fourth-order valence-electron chi connectivity index (χ4n) is 4.89. The number of benzene rings is 1. The van der Waals surface area contributed by atoms with Gasteiger partial charge in [0.1, 0.15) is 11.4 Å². The van der Waals surface area contributed by atoms with Crippen LogP contribution in [0.4, 0.5) is 0 Å². The Kier molecular flexibility index (Phi) is 5.02. The Hall–Kier alpha value is -1.86. The van der Waals surface area contributed by atoms with Crippen LogP contribution in [0.1, 0.15) is 57.9 Å². The van der Waals surface area contributed by atoms with Crippen molar-refractivity contribution in [2.45, 2.75) is 80.9 Å². The molecule has 4 rings (SSSR count). The summed E-state index contributed by atoms with van der Waals surface area (Å²) >= 11 is 0. The van der Waals surface area contributed by atoms with Gasteiger partial charge >= 0.3 is 0 Å². The average Bonchev–Trinajstić information content (AvgIpc) is 2.65. The van der Waals surface area contributed by atoms with Gasteiger partial charge in [0.15, 0.2) is 0 Å². The van der Waals surface area contributed by atoms with E-state index >= 15 is 0 Å². The van der Waals surface area contributed by atoms with Crippen LogP contribution in [0, 0.1) is 0 Å². The minimum atomic E-state index is -3.61. The van der Waals surface area contributed by atoms with Crippen LogP contribution >= 0.6 is 0 Å². The van der Waals surface area contributed by atoms with Gasteiger partial charge < -0.3 is 10.1 Å². The molecule has 1 atom stereocenters. The summed E-state index contributed by atoms with van der Waals surface area (Å²) in [5, 5.41) is 2.96. The SMILES string of the molecule is C=CC(=O)NC1CCN(S(=O)(=O)c2ccc3c(c2)CCC(C)(C)O3)C2(CCC2)C1. The standard InChI is InChI=1S/C22H30N2O4S/c1-4-20(25)23-17-9-13-24(22(15-17)10-5-11-22)29(26,27)18-6-7-19-16(14-18)8-12-21(2,3)28-19/h4,6-7,14,17H,1,5,8-13,15H2,2-3H3,(H,23,25). The highest BCUT2D eigenvalue weighted by molar-refractivity contribution is 7.89. The topological polar surface area (TPSA) is 75.7 Å². The van der Waals surface area contributed by atoms with Crippen molar-refractivity contribution < 1.29 is 17.9 Å². The lowest BCUT2D eigenvalue weighted by Crippen LogP contribution is -2.63. The van der Waals surface area contributed by atoms with Gasteiger partial charge in [-0.25, -0.2) is 8.42 Å². The van der Waals surface area contributed by atoms with Crippen molar-refractivity contribution in [1.29, 1.82) is 0 Å². The summed E-state index contributed by atoms with van der Waals surface area (Å²) < 4.78 is 34.9. The first kappa shape index (κ1) is 20.4. The predicted molar refractivity (Wildman–Crippen MR) is 111 cm³/mol. The smallest absolute Gasteiger partial charge is 0.243 e. The summed E-state index contributed by atoms with van der Waals surface area (Å²) in [6, 6.07) is 5.25. The number of amides is 1. The molecule has 2 aliphatic heterocycles. The second-order valence-corrected chi connectivity index (χ2v) is 11.1. The Morgan fingerprint density at radius 1 is 1.31 bits per heavy atom. The number of aryl methyl sites for hydroxylation is 1. The molecule has 29 heavy (non-hydrogen) atoms. The molecule has 3 aliphatic rings. The van der Waals surface area contributed by atoms with Gasteiger partial charge in [-0.2, -0.15) is 4.31 Å². The quantitative estimate of drug-likeness (QED) is 0.762. The van der Waals surface area contributed by atoms with Crippen LogP contribution in [0.25, 0.3) is 0 Å². The van der Waals surface area contributed by atoms with Crippen LogP contribution in [0.15, 0.2) is 35.7 Å². The number of hydrogen-bond donors (Lipinski definition) is 1. The maximum absolute atomic E-state index is 13.6. The Balaban J connectivity index is 1.59. The van der Waals surface area contributed by atoms with E-state index < -0.39 is 10.0 Å². The van der Waals surface area contributed by atoms with Gasteiger partial charge in [0, 0.05) is 18.1 Å². The minimum absolute atomic E-state index is 0.00795. The van der Waals surface area contributed by atoms with Gasteiger partial charge in [0.05, 0.1) is 4.90 Å². The van der Waals surface area contributed by atoms with E-state index in [4.69, 9.17) is 4.74 Å². The number of carbonyl (C=O) groups excluding carboxylic acids is 1. The second kappa shape index (κ2) is 7.13. The van der Waals surface area contributed by atoms with Gasteiger partial charge in [0.2, 0.25) is 15.9 Å². The molecule has 7 heteroatoms. The van der Waals surface area contributed by atoms with Crippen LogP contribution < -0.4 is 10.1 Å². The lowest BCUT2D eigenvalue weighted by molar-refractivity contribution is -0.117. The number of ether oxygens (including phenoxy) is 1. The molecular formula is C22H30N2O4S. The highest BCUT2D eigenvalue weighted by Crippen LogP contribution is 2.47. The van der Waals surface area contributed by atoms with E-state index in [1.165, 1.54) is 6.08 Å². The Bertz CT molecular complexity index is 934. The molecule has 1 amide bonds. The molecule has 1 N–H and O–H groups in total. The van der Waals surface area contributed by atoms with Crippen molar-refractivity contribution >= 4 is 15.9 Å². The molecular weight excluding hydrogens is 388 g/mol. The predicted octanol–water partition coefficient (Wildman–Crippen LogP) is 3.17. The summed E-state index contributed by atoms with van der Waals surface area (Å²) in [5.41, 5.74) is 0.354. The van der Waals surface area contributed by atoms with Crippen LogP contribution in [0.3, 0.4) is 0 Å². The van der Waals surface area contributed by atoms with E-state index in [-0.39, 0.29) is 23.1 Å². The first-order valence-electron chi connectivity index (χ1n) is 10.4. The number of rotatable bonds is 4. The van der Waals surface area contributed by atoms with E-state index in [0.29, 0.717) is 24.3 Å². The highest BCUT2D eigenvalue weighted by Gasteiger charge is 2.51. The number of piperidine rings is 1. The Morgan fingerprint density at radius 3 is 2.72 bits per heavy atom. The maximum atomic E-state index is 13.6. The van der Waals surface area contributed by atoms with Gasteiger partial charge in [0.25, 0.3) is 0 Å². The molecule has 1 saturated heterocycles. The van der Waals surface area contributed by atoms with Gasteiger partial charge in [-0.1, -0.05) is 6.58 Å². The molecule has 2 fully saturated rings. The van der Waals surface area contributed by atoms with Crippen molar-refractivity contribution in [2.24, 2.45) is 0 Å². The van der Waals surface area contributed by atoms with E-state index in [1.807, 2.05) is 0 Å². The number of nitrogens with zero attached hydrogens (tertiary/aromatic N) is 1. The molecule has 1 spiro atoms. The molecule has 1 saturated carbocycles. The highest BCUT2D eigenvalue weighted by atomic mass is 32.2. The van der Waals surface area contributed by atoms with Crippen LogP contribution in [-0.2, 0) is 21.2 Å². The number of fused-ring (bicyclic) bond motifs is 1. The van der Waals surface area contributed by atoms with Crippen molar-refractivity contribution in [1.82, 2.24) is 9.62 Å². The molecule has 1 unspecified atom stereocenters. The zero-order valence-electron chi connectivity index (χ0n) is 17.2. The van der Waals surface area contributed by atoms with E-state index in [9.17, 15) is 13.2 Å². The number of nitrogens with one attached hydrogen (secondary N) is 1. The summed E-state index contributed by atoms with van der Waals surface area (Å²) in [6.45, 7) is 8.03. The second-order valence-electron chi connectivity index (χ2n) is 9.19. The Labute approximate surface area is 173 Å². The van der Waals surface area contributed by atoms with Gasteiger partial charge in [-0.05, 0) is 88.6 Å². The normalized spacial score (nSPS) is 25.4. The third kappa shape index (κ3) is 3.70. The first-order chi connectivity index (χ1) is 13.7. The number of sulfonamides is 1. The molecule has 6 nitrogen and oxygen atoms in total. The largest absolute Gasteiger partial charge is 0.488 e. The van der Waals surface area contributed by atoms with Crippen LogP contribution in [0.5, 0.6) is 5.75 Å². The number of carbonyl (C=O) groups is 1. The van der Waals surface area contributed by atoms with Crippen molar-refractivity contribution in [3.05, 3.63) is 36.4 Å². The van der Waals surface area contributed by atoms with E-state index in [0.717, 1.165) is 43.4 Å². The molecule has 2 heterocycles. The van der Waals surface area contributed by atoms with E-state index in [2.05, 4.69) is 25.7 Å². The number of hydrogen-bond acceptors (Lipinski definition) is 4. The molecule has 1 aromatic carbocycles. The molecule has 0 bridgehead atoms. The zero-order chi connectivity index (χ0) is 20.9. The molecule has 1 aliphatic carbocycles. The van der Waals surface area contributed by atoms with Crippen molar-refractivity contribution in [3.8, 4) is 5.75 Å². The van der Waals surface area contributed by atoms with Crippen LogP contribution in [-0.4, -0.2) is 42.4 Å². The van der Waals surface area contributed by atoms with Gasteiger partial charge in [-0.3, -0.25) is 4.79 Å². The molecule has 0 radical (unpaired) electrons. The monoisotopic (exact) mass is 418 g/mol. The maximum Gasteiger partial charge on any atom is 0.243 e. The molecule has 1 aromatic rings. The third-order valence-corrected chi connectivity index (χ3v) is 8.65. The molecule has 158 valence electrons. The minimum Gasteiger partial charge on any atom is -0.488 e. The Morgan fingerprint density at radius 2 is 2.07 bits per heavy atom. The summed E-state index contributed by atoms with van der Waals surface area (Å²) in [5.74, 6) is 0.586. The summed E-state index contributed by atoms with van der Waals surface area (Å²) in [7, 11) is -3.61. The van der Waals surface area contributed by atoms with E-state index in [1.54, 1.807) is 22.5 Å².